The van der Waals surface area contributed by atoms with Crippen LogP contribution in [0.15, 0.2) is 12.2 Å². The summed E-state index contributed by atoms with van der Waals surface area (Å²) in [5.41, 5.74) is 0. The van der Waals surface area contributed by atoms with Crippen molar-refractivity contribution in [2.24, 2.45) is 17.8 Å². The Labute approximate surface area is 64.3 Å². The standard InChI is InChI=1S/C10H18/c1-4-8(3)10-7-6-9(10)5-2/h6-10H,4-5H2,1-3H3. The molecule has 0 saturated carbocycles. The van der Waals surface area contributed by atoms with Crippen LogP contribution in [0.2, 0.25) is 0 Å². The lowest BCUT2D eigenvalue weighted by Gasteiger charge is -2.33. The van der Waals surface area contributed by atoms with E-state index in [0.29, 0.717) is 0 Å². The van der Waals surface area contributed by atoms with Crippen molar-refractivity contribution in [3.05, 3.63) is 12.2 Å². The van der Waals surface area contributed by atoms with E-state index in [1.54, 1.807) is 0 Å². The van der Waals surface area contributed by atoms with Gasteiger partial charge in [-0.15, -0.1) is 0 Å². The zero-order valence-electron chi connectivity index (χ0n) is 7.30. The first-order chi connectivity index (χ1) is 4.79. The van der Waals surface area contributed by atoms with Gasteiger partial charge in [0.15, 0.2) is 0 Å². The minimum Gasteiger partial charge on any atom is -0.0845 e. The summed E-state index contributed by atoms with van der Waals surface area (Å²) in [6.45, 7) is 6.92. The maximum absolute atomic E-state index is 2.38. The largest absolute Gasteiger partial charge is 0.0845 e. The van der Waals surface area contributed by atoms with Crippen LogP contribution >= 0.6 is 0 Å². The fourth-order valence-corrected chi connectivity index (χ4v) is 1.69. The van der Waals surface area contributed by atoms with Crippen molar-refractivity contribution in [2.75, 3.05) is 0 Å². The molecule has 0 amide bonds. The van der Waals surface area contributed by atoms with Gasteiger partial charge in [0, 0.05) is 0 Å². The van der Waals surface area contributed by atoms with Crippen molar-refractivity contribution in [1.29, 1.82) is 0 Å². The highest BCUT2D eigenvalue weighted by molar-refractivity contribution is 5.09. The molecule has 0 heterocycles. The molecular weight excluding hydrogens is 120 g/mol. The molecule has 0 radical (unpaired) electrons. The topological polar surface area (TPSA) is 0 Å². The van der Waals surface area contributed by atoms with E-state index in [-0.39, 0.29) is 0 Å². The fraction of sp³-hybridized carbons (Fsp3) is 0.800. The average molecular weight is 138 g/mol. The van der Waals surface area contributed by atoms with Gasteiger partial charge in [-0.25, -0.2) is 0 Å². The lowest BCUT2D eigenvalue weighted by atomic mass is 9.72. The van der Waals surface area contributed by atoms with E-state index < -0.39 is 0 Å². The normalized spacial score (nSPS) is 33.5. The third-order valence-corrected chi connectivity index (χ3v) is 2.85. The van der Waals surface area contributed by atoms with Crippen molar-refractivity contribution in [3.8, 4) is 0 Å². The predicted molar refractivity (Wildman–Crippen MR) is 45.9 cm³/mol. The van der Waals surface area contributed by atoms with Gasteiger partial charge in [-0.3, -0.25) is 0 Å². The van der Waals surface area contributed by atoms with Gasteiger partial charge in [-0.2, -0.15) is 0 Å². The van der Waals surface area contributed by atoms with Crippen LogP contribution in [0, 0.1) is 17.8 Å². The molecule has 0 nitrogen and oxygen atoms in total. The molecule has 3 unspecified atom stereocenters. The lowest BCUT2D eigenvalue weighted by molar-refractivity contribution is 0.293. The van der Waals surface area contributed by atoms with Crippen LogP contribution in [0.5, 0.6) is 0 Å². The quantitative estimate of drug-likeness (QED) is 0.525. The average Bonchev–Trinajstić information content (AvgIpc) is 1.86. The van der Waals surface area contributed by atoms with Gasteiger partial charge >= 0.3 is 0 Å². The van der Waals surface area contributed by atoms with E-state index in [0.717, 1.165) is 17.8 Å². The van der Waals surface area contributed by atoms with Gasteiger partial charge in [-0.05, 0) is 24.2 Å². The Morgan fingerprint density at radius 1 is 1.30 bits per heavy atom. The molecule has 0 aromatic carbocycles. The van der Waals surface area contributed by atoms with Crippen LogP contribution in [0.4, 0.5) is 0 Å². The molecule has 0 spiro atoms. The molecule has 0 N–H and O–H groups in total. The van der Waals surface area contributed by atoms with E-state index in [4.69, 9.17) is 0 Å². The molecule has 0 aromatic rings. The second-order valence-electron chi connectivity index (χ2n) is 3.42. The van der Waals surface area contributed by atoms with Crippen molar-refractivity contribution in [2.45, 2.75) is 33.6 Å². The Kier molecular flexibility index (Phi) is 2.53. The SMILES string of the molecule is CCC(C)C1C=CC1CC. The Morgan fingerprint density at radius 2 is 2.00 bits per heavy atom. The van der Waals surface area contributed by atoms with Crippen LogP contribution in [-0.4, -0.2) is 0 Å². The van der Waals surface area contributed by atoms with Crippen LogP contribution < -0.4 is 0 Å². The molecule has 0 bridgehead atoms. The van der Waals surface area contributed by atoms with Gasteiger partial charge in [0.2, 0.25) is 0 Å². The lowest BCUT2D eigenvalue weighted by Crippen LogP contribution is -2.24. The zero-order valence-corrected chi connectivity index (χ0v) is 7.30. The summed E-state index contributed by atoms with van der Waals surface area (Å²) in [6, 6.07) is 0. The molecule has 3 atom stereocenters. The first-order valence-corrected chi connectivity index (χ1v) is 4.47. The van der Waals surface area contributed by atoms with Crippen molar-refractivity contribution < 1.29 is 0 Å². The Hall–Kier alpha value is -0.260. The zero-order chi connectivity index (χ0) is 7.56. The smallest absolute Gasteiger partial charge is 0.0145 e. The Morgan fingerprint density at radius 3 is 2.30 bits per heavy atom. The summed E-state index contributed by atoms with van der Waals surface area (Å²) in [5, 5.41) is 0. The van der Waals surface area contributed by atoms with Gasteiger partial charge in [0.05, 0.1) is 0 Å². The van der Waals surface area contributed by atoms with Gasteiger partial charge < -0.3 is 0 Å². The maximum atomic E-state index is 2.38. The highest BCUT2D eigenvalue weighted by Gasteiger charge is 2.26. The van der Waals surface area contributed by atoms with E-state index >= 15 is 0 Å². The first-order valence-electron chi connectivity index (χ1n) is 4.47. The minimum atomic E-state index is 0.898. The summed E-state index contributed by atoms with van der Waals surface area (Å²) in [6.07, 6.45) is 7.39. The summed E-state index contributed by atoms with van der Waals surface area (Å²) >= 11 is 0. The summed E-state index contributed by atoms with van der Waals surface area (Å²) in [5.74, 6) is 2.69. The van der Waals surface area contributed by atoms with E-state index in [1.165, 1.54) is 12.8 Å². The predicted octanol–water partition coefficient (Wildman–Crippen LogP) is 3.24. The highest BCUT2D eigenvalue weighted by atomic mass is 14.3. The monoisotopic (exact) mass is 138 g/mol. The van der Waals surface area contributed by atoms with E-state index in [9.17, 15) is 0 Å². The van der Waals surface area contributed by atoms with Gasteiger partial charge in [-0.1, -0.05) is 39.3 Å². The van der Waals surface area contributed by atoms with Crippen LogP contribution in [0.25, 0.3) is 0 Å². The third-order valence-electron chi connectivity index (χ3n) is 2.85. The van der Waals surface area contributed by atoms with Crippen molar-refractivity contribution in [1.82, 2.24) is 0 Å². The number of hydrogen-bond donors (Lipinski definition) is 0. The summed E-state index contributed by atoms with van der Waals surface area (Å²) < 4.78 is 0. The van der Waals surface area contributed by atoms with Crippen molar-refractivity contribution >= 4 is 0 Å². The molecule has 0 saturated heterocycles. The molecule has 1 aliphatic rings. The molecule has 10 heavy (non-hydrogen) atoms. The molecule has 1 rings (SSSR count). The number of hydrogen-bond acceptors (Lipinski definition) is 0. The van der Waals surface area contributed by atoms with Crippen LogP contribution in [-0.2, 0) is 0 Å². The molecule has 0 heteroatoms. The van der Waals surface area contributed by atoms with E-state index in [2.05, 4.69) is 32.9 Å². The second kappa shape index (κ2) is 3.23. The minimum absolute atomic E-state index is 0.898. The molecule has 0 aliphatic heterocycles. The molecule has 0 aromatic heterocycles. The van der Waals surface area contributed by atoms with E-state index in [1.807, 2.05) is 0 Å². The molecule has 0 fully saturated rings. The third kappa shape index (κ3) is 1.25. The summed E-state index contributed by atoms with van der Waals surface area (Å²) in [7, 11) is 0. The van der Waals surface area contributed by atoms with Crippen molar-refractivity contribution in [3.63, 3.8) is 0 Å². The fourth-order valence-electron chi connectivity index (χ4n) is 1.69. The Bertz CT molecular complexity index is 124. The molecule has 58 valence electrons. The van der Waals surface area contributed by atoms with Crippen LogP contribution in [0.3, 0.4) is 0 Å². The molecular formula is C10H18. The number of allylic oxidation sites excluding steroid dienone is 2. The number of rotatable bonds is 3. The highest BCUT2D eigenvalue weighted by Crippen LogP contribution is 2.35. The van der Waals surface area contributed by atoms with Crippen LogP contribution in [0.1, 0.15) is 33.6 Å². The summed E-state index contributed by atoms with van der Waals surface area (Å²) in [4.78, 5) is 0. The second-order valence-corrected chi connectivity index (χ2v) is 3.42. The van der Waals surface area contributed by atoms with Gasteiger partial charge in [0.25, 0.3) is 0 Å². The maximum Gasteiger partial charge on any atom is -0.0145 e. The first kappa shape index (κ1) is 7.84. The Balaban J connectivity index is 2.37. The van der Waals surface area contributed by atoms with Gasteiger partial charge in [0.1, 0.15) is 0 Å². The molecule has 1 aliphatic carbocycles.